The number of carbonyl (C=O) groups is 1. The first-order valence-corrected chi connectivity index (χ1v) is 6.67. The molecule has 0 saturated carbocycles. The van der Waals surface area contributed by atoms with Gasteiger partial charge in [-0.3, -0.25) is 4.79 Å². The first kappa shape index (κ1) is 14.2. The Kier molecular flexibility index (Phi) is 4.70. The molecule has 0 saturated heterocycles. The van der Waals surface area contributed by atoms with Crippen LogP contribution in [-0.2, 0) is 6.54 Å². The lowest BCUT2D eigenvalue weighted by Gasteiger charge is -2.06. The van der Waals surface area contributed by atoms with Crippen LogP contribution in [0.5, 0.6) is 0 Å². The van der Waals surface area contributed by atoms with Crippen molar-refractivity contribution in [1.29, 1.82) is 0 Å². The Morgan fingerprint density at radius 2 is 1.47 bits per heavy atom. The largest absolute Gasteiger partial charge is 0.348 e. The first-order valence-electron chi connectivity index (χ1n) is 5.53. The second-order valence-corrected chi connectivity index (χ2v) is 5.28. The third-order valence-electron chi connectivity index (χ3n) is 2.49. The molecule has 0 atom stereocenters. The van der Waals surface area contributed by atoms with Crippen molar-refractivity contribution in [2.45, 2.75) is 6.54 Å². The molecule has 0 heterocycles. The van der Waals surface area contributed by atoms with Gasteiger partial charge in [-0.1, -0.05) is 46.9 Å². The highest BCUT2D eigenvalue weighted by atomic mass is 35.5. The normalized spacial score (nSPS) is 10.3. The van der Waals surface area contributed by atoms with E-state index in [0.29, 0.717) is 27.2 Å². The van der Waals surface area contributed by atoms with Gasteiger partial charge in [0.25, 0.3) is 5.91 Å². The number of rotatable bonds is 3. The van der Waals surface area contributed by atoms with Crippen LogP contribution < -0.4 is 5.32 Å². The van der Waals surface area contributed by atoms with Crippen LogP contribution in [0.15, 0.2) is 42.5 Å². The summed E-state index contributed by atoms with van der Waals surface area (Å²) in [4.78, 5) is 11.9. The molecule has 0 aliphatic heterocycles. The fourth-order valence-corrected chi connectivity index (χ4v) is 2.22. The number of carbonyl (C=O) groups excluding carboxylic acids is 1. The van der Waals surface area contributed by atoms with E-state index < -0.39 is 0 Å². The maximum atomic E-state index is 11.9. The van der Waals surface area contributed by atoms with Crippen LogP contribution in [0, 0.1) is 0 Å². The molecule has 5 heteroatoms. The number of nitrogens with one attached hydrogen (secondary N) is 1. The van der Waals surface area contributed by atoms with Gasteiger partial charge in [-0.2, -0.15) is 0 Å². The zero-order chi connectivity index (χ0) is 13.8. The molecule has 2 aromatic carbocycles. The van der Waals surface area contributed by atoms with Gasteiger partial charge in [0.15, 0.2) is 0 Å². The maximum absolute atomic E-state index is 11.9. The Hall–Kier alpha value is -1.22. The van der Waals surface area contributed by atoms with Gasteiger partial charge in [0.05, 0.1) is 0 Å². The van der Waals surface area contributed by atoms with Gasteiger partial charge in [0, 0.05) is 27.2 Å². The summed E-state index contributed by atoms with van der Waals surface area (Å²) in [5, 5.41) is 4.32. The van der Waals surface area contributed by atoms with Crippen molar-refractivity contribution >= 4 is 40.7 Å². The predicted octanol–water partition coefficient (Wildman–Crippen LogP) is 4.58. The van der Waals surface area contributed by atoms with Crippen molar-refractivity contribution in [3.8, 4) is 0 Å². The summed E-state index contributed by atoms with van der Waals surface area (Å²) in [6, 6.07) is 12.0. The lowest BCUT2D eigenvalue weighted by Crippen LogP contribution is -2.22. The summed E-state index contributed by atoms with van der Waals surface area (Å²) in [5.74, 6) is -0.223. The number of benzene rings is 2. The van der Waals surface area contributed by atoms with Crippen molar-refractivity contribution < 1.29 is 4.79 Å². The average molecular weight is 315 g/mol. The standard InChI is InChI=1S/C14H10Cl3NO/c15-11-3-1-9(2-4-11)8-18-14(19)10-5-12(16)7-13(17)6-10/h1-7H,8H2,(H,18,19). The molecular formula is C14H10Cl3NO. The lowest BCUT2D eigenvalue weighted by atomic mass is 10.2. The highest BCUT2D eigenvalue weighted by Crippen LogP contribution is 2.19. The SMILES string of the molecule is O=C(NCc1ccc(Cl)cc1)c1cc(Cl)cc(Cl)c1. The quantitative estimate of drug-likeness (QED) is 0.883. The Morgan fingerprint density at radius 1 is 0.895 bits per heavy atom. The summed E-state index contributed by atoms with van der Waals surface area (Å²) in [7, 11) is 0. The van der Waals surface area contributed by atoms with Gasteiger partial charge >= 0.3 is 0 Å². The Labute approximate surface area is 126 Å². The molecule has 19 heavy (non-hydrogen) atoms. The molecule has 0 aliphatic carbocycles. The predicted molar refractivity (Wildman–Crippen MR) is 79.1 cm³/mol. The van der Waals surface area contributed by atoms with Gasteiger partial charge in [0.2, 0.25) is 0 Å². The van der Waals surface area contributed by atoms with Gasteiger partial charge in [-0.05, 0) is 35.9 Å². The van der Waals surface area contributed by atoms with Crippen LogP contribution in [0.1, 0.15) is 15.9 Å². The number of hydrogen-bond donors (Lipinski definition) is 1. The number of hydrogen-bond acceptors (Lipinski definition) is 1. The zero-order valence-corrected chi connectivity index (χ0v) is 12.1. The second-order valence-electron chi connectivity index (χ2n) is 3.97. The molecule has 0 bridgehead atoms. The third-order valence-corrected chi connectivity index (χ3v) is 3.18. The first-order chi connectivity index (χ1) is 9.04. The van der Waals surface area contributed by atoms with Crippen LogP contribution in [0.2, 0.25) is 15.1 Å². The van der Waals surface area contributed by atoms with Crippen molar-refractivity contribution in [3.05, 3.63) is 68.7 Å². The molecule has 1 N–H and O–H groups in total. The minimum absolute atomic E-state index is 0.223. The monoisotopic (exact) mass is 313 g/mol. The highest BCUT2D eigenvalue weighted by molar-refractivity contribution is 6.35. The molecule has 0 spiro atoms. The Bertz CT molecular complexity index is 576. The molecule has 1 amide bonds. The van der Waals surface area contributed by atoms with E-state index in [0.717, 1.165) is 5.56 Å². The maximum Gasteiger partial charge on any atom is 0.251 e. The van der Waals surface area contributed by atoms with E-state index in [4.69, 9.17) is 34.8 Å². The van der Waals surface area contributed by atoms with Crippen LogP contribution >= 0.6 is 34.8 Å². The molecule has 2 nitrogen and oxygen atoms in total. The van der Waals surface area contributed by atoms with Crippen molar-refractivity contribution in [1.82, 2.24) is 5.32 Å². The molecular weight excluding hydrogens is 305 g/mol. The minimum atomic E-state index is -0.223. The third kappa shape index (κ3) is 4.13. The van der Waals surface area contributed by atoms with Crippen molar-refractivity contribution in [2.75, 3.05) is 0 Å². The Morgan fingerprint density at radius 3 is 2.05 bits per heavy atom. The van der Waals surface area contributed by atoms with Crippen LogP contribution in [0.3, 0.4) is 0 Å². The van der Waals surface area contributed by atoms with Crippen molar-refractivity contribution in [3.63, 3.8) is 0 Å². The second kappa shape index (κ2) is 6.29. The van der Waals surface area contributed by atoms with Crippen LogP contribution in [-0.4, -0.2) is 5.91 Å². The van der Waals surface area contributed by atoms with E-state index in [1.807, 2.05) is 12.1 Å². The summed E-state index contributed by atoms with van der Waals surface area (Å²) in [5.41, 5.74) is 1.40. The molecule has 0 aliphatic rings. The Balaban J connectivity index is 2.03. The van der Waals surface area contributed by atoms with Crippen LogP contribution in [0.25, 0.3) is 0 Å². The molecule has 0 fully saturated rings. The zero-order valence-electron chi connectivity index (χ0n) is 9.79. The fourth-order valence-electron chi connectivity index (χ4n) is 1.57. The fraction of sp³-hybridized carbons (Fsp3) is 0.0714. The number of halogens is 3. The molecule has 2 rings (SSSR count). The van der Waals surface area contributed by atoms with Gasteiger partial charge in [-0.25, -0.2) is 0 Å². The smallest absolute Gasteiger partial charge is 0.251 e. The molecule has 98 valence electrons. The molecule has 0 aromatic heterocycles. The van der Waals surface area contributed by atoms with Gasteiger partial charge in [0.1, 0.15) is 0 Å². The topological polar surface area (TPSA) is 29.1 Å². The number of amides is 1. The highest BCUT2D eigenvalue weighted by Gasteiger charge is 2.07. The van der Waals surface area contributed by atoms with Crippen LogP contribution in [0.4, 0.5) is 0 Å². The van der Waals surface area contributed by atoms with E-state index >= 15 is 0 Å². The molecule has 2 aromatic rings. The van der Waals surface area contributed by atoms with Gasteiger partial charge < -0.3 is 5.32 Å². The molecule has 0 unspecified atom stereocenters. The summed E-state index contributed by atoms with van der Waals surface area (Å²) in [6.45, 7) is 0.417. The van der Waals surface area contributed by atoms with E-state index in [-0.39, 0.29) is 5.91 Å². The van der Waals surface area contributed by atoms with E-state index in [1.165, 1.54) is 0 Å². The van der Waals surface area contributed by atoms with E-state index in [2.05, 4.69) is 5.32 Å². The average Bonchev–Trinajstić information content (AvgIpc) is 2.36. The van der Waals surface area contributed by atoms with Crippen molar-refractivity contribution in [2.24, 2.45) is 0 Å². The summed E-state index contributed by atoms with van der Waals surface area (Å²) < 4.78 is 0. The summed E-state index contributed by atoms with van der Waals surface area (Å²) in [6.07, 6.45) is 0. The lowest BCUT2D eigenvalue weighted by molar-refractivity contribution is 0.0951. The van der Waals surface area contributed by atoms with E-state index in [9.17, 15) is 4.79 Å². The minimum Gasteiger partial charge on any atom is -0.348 e. The van der Waals surface area contributed by atoms with Gasteiger partial charge in [-0.15, -0.1) is 0 Å². The summed E-state index contributed by atoms with van der Waals surface area (Å²) >= 11 is 17.5. The van der Waals surface area contributed by atoms with E-state index in [1.54, 1.807) is 30.3 Å². The molecule has 0 radical (unpaired) electrons.